The lowest BCUT2D eigenvalue weighted by Gasteiger charge is -2.22. The van der Waals surface area contributed by atoms with Crippen molar-refractivity contribution < 1.29 is 28.3 Å². The number of furan rings is 1. The van der Waals surface area contributed by atoms with Gasteiger partial charge in [0.1, 0.15) is 25.0 Å². The van der Waals surface area contributed by atoms with Crippen molar-refractivity contribution >= 4 is 17.8 Å². The highest BCUT2D eigenvalue weighted by molar-refractivity contribution is 5.94. The van der Waals surface area contributed by atoms with Gasteiger partial charge in [-0.2, -0.15) is 0 Å². The number of hydrogen-bond acceptors (Lipinski definition) is 6. The Hall–Kier alpha value is -2.35. The minimum Gasteiger partial charge on any atom is -0.469 e. The molecule has 0 spiro atoms. The van der Waals surface area contributed by atoms with Crippen LogP contribution in [0.3, 0.4) is 0 Å². The van der Waals surface area contributed by atoms with Gasteiger partial charge in [0.25, 0.3) is 0 Å². The molecule has 2 heterocycles. The number of carbonyl (C=O) groups is 3. The lowest BCUT2D eigenvalue weighted by Crippen LogP contribution is -2.53. The van der Waals surface area contributed by atoms with E-state index < -0.39 is 24.1 Å². The smallest absolute Gasteiger partial charge is 0.413 e. The van der Waals surface area contributed by atoms with Crippen LogP contribution in [0.5, 0.6) is 5.75 Å². The second kappa shape index (κ2) is 8.66. The maximum atomic E-state index is 12.5. The van der Waals surface area contributed by atoms with E-state index in [1.165, 1.54) is 18.6 Å². The van der Waals surface area contributed by atoms with Crippen LogP contribution in [0.2, 0.25) is 0 Å². The first kappa shape index (κ1) is 19.0. The normalized spacial score (nSPS) is 21.2. The number of hydrogen-bond donors (Lipinski definition) is 2. The molecule has 0 aromatic carbocycles. The number of nitrogens with one attached hydrogen (secondary N) is 2. The molecule has 1 aromatic rings. The predicted octanol–water partition coefficient (Wildman–Crippen LogP) is 1.65. The fourth-order valence-electron chi connectivity index (χ4n) is 2.47. The third-order valence-electron chi connectivity index (χ3n) is 3.95. The second-order valence-corrected chi connectivity index (χ2v) is 6.49. The number of ether oxygens (including phenoxy) is 2. The van der Waals surface area contributed by atoms with Crippen LogP contribution in [-0.4, -0.2) is 42.6 Å². The molecule has 1 fully saturated rings. The van der Waals surface area contributed by atoms with Gasteiger partial charge in [0, 0.05) is 6.07 Å². The SMILES string of the molecule is CC(C)CC[C@H](NC(=O)Oc1ccoc1)C(=O)N[C@@H]1C(=O)CO[C@H]1C. The van der Waals surface area contributed by atoms with E-state index in [2.05, 4.69) is 10.6 Å². The molecular formula is C17H24N2O6. The molecule has 138 valence electrons. The summed E-state index contributed by atoms with van der Waals surface area (Å²) >= 11 is 0. The van der Waals surface area contributed by atoms with Crippen LogP contribution in [0.25, 0.3) is 0 Å². The first-order valence-corrected chi connectivity index (χ1v) is 8.32. The van der Waals surface area contributed by atoms with Crippen LogP contribution in [0.15, 0.2) is 23.0 Å². The first-order chi connectivity index (χ1) is 11.9. The van der Waals surface area contributed by atoms with Crippen LogP contribution in [-0.2, 0) is 14.3 Å². The van der Waals surface area contributed by atoms with Crippen molar-refractivity contribution in [1.82, 2.24) is 10.6 Å². The van der Waals surface area contributed by atoms with Gasteiger partial charge in [0.05, 0.1) is 12.4 Å². The largest absolute Gasteiger partial charge is 0.469 e. The Morgan fingerprint density at radius 1 is 1.36 bits per heavy atom. The molecule has 3 atom stereocenters. The van der Waals surface area contributed by atoms with E-state index in [0.29, 0.717) is 12.3 Å². The zero-order valence-electron chi connectivity index (χ0n) is 14.6. The lowest BCUT2D eigenvalue weighted by atomic mass is 10.0. The summed E-state index contributed by atoms with van der Waals surface area (Å²) < 4.78 is 15.1. The van der Waals surface area contributed by atoms with Gasteiger partial charge in [-0.05, 0) is 25.7 Å². The van der Waals surface area contributed by atoms with Crippen LogP contribution < -0.4 is 15.4 Å². The molecule has 2 amide bonds. The lowest BCUT2D eigenvalue weighted by molar-refractivity contribution is -0.127. The Balaban J connectivity index is 1.97. The number of ketones is 1. The highest BCUT2D eigenvalue weighted by Gasteiger charge is 2.35. The van der Waals surface area contributed by atoms with Crippen LogP contribution in [0, 0.1) is 5.92 Å². The molecule has 2 rings (SSSR count). The maximum Gasteiger partial charge on any atom is 0.413 e. The zero-order valence-corrected chi connectivity index (χ0v) is 14.6. The zero-order chi connectivity index (χ0) is 18.4. The molecule has 1 saturated heterocycles. The van der Waals surface area contributed by atoms with Gasteiger partial charge in [-0.15, -0.1) is 0 Å². The van der Waals surface area contributed by atoms with E-state index in [-0.39, 0.29) is 24.2 Å². The quantitative estimate of drug-likeness (QED) is 0.773. The van der Waals surface area contributed by atoms with Crippen molar-refractivity contribution in [3.63, 3.8) is 0 Å². The highest BCUT2D eigenvalue weighted by Crippen LogP contribution is 2.13. The molecule has 0 unspecified atom stereocenters. The number of Topliss-reactive ketones (excluding diaryl/α,β-unsaturated/α-hetero) is 1. The Bertz CT molecular complexity index is 598. The second-order valence-electron chi connectivity index (χ2n) is 6.49. The predicted molar refractivity (Wildman–Crippen MR) is 88.1 cm³/mol. The molecule has 0 radical (unpaired) electrons. The molecule has 0 saturated carbocycles. The van der Waals surface area contributed by atoms with E-state index >= 15 is 0 Å². The molecule has 1 aromatic heterocycles. The standard InChI is InChI=1S/C17H24N2O6/c1-10(2)4-5-13(18-17(22)25-12-6-7-23-8-12)16(21)19-15-11(3)24-9-14(15)20/h6-8,10-11,13,15H,4-5,9H2,1-3H3,(H,18,22)(H,19,21)/t11-,13-,15-/m0/s1. The summed E-state index contributed by atoms with van der Waals surface area (Å²) in [7, 11) is 0. The first-order valence-electron chi connectivity index (χ1n) is 8.32. The molecule has 2 N–H and O–H groups in total. The monoisotopic (exact) mass is 352 g/mol. The Labute approximate surface area is 146 Å². The summed E-state index contributed by atoms with van der Waals surface area (Å²) in [5.74, 6) is -0.00389. The molecule has 0 aliphatic carbocycles. The minimum atomic E-state index is -0.803. The fourth-order valence-corrected chi connectivity index (χ4v) is 2.47. The summed E-state index contributed by atoms with van der Waals surface area (Å²) in [5, 5.41) is 5.21. The van der Waals surface area contributed by atoms with E-state index in [1.807, 2.05) is 13.8 Å². The van der Waals surface area contributed by atoms with Crippen molar-refractivity contribution in [2.45, 2.75) is 51.8 Å². The Kier molecular flexibility index (Phi) is 6.58. The molecule has 0 bridgehead atoms. The van der Waals surface area contributed by atoms with E-state index in [0.717, 1.165) is 6.42 Å². The summed E-state index contributed by atoms with van der Waals surface area (Å²) in [5.41, 5.74) is 0. The summed E-state index contributed by atoms with van der Waals surface area (Å²) in [6.45, 7) is 5.75. The molecular weight excluding hydrogens is 328 g/mol. The average molecular weight is 352 g/mol. The van der Waals surface area contributed by atoms with Gasteiger partial charge in [-0.3, -0.25) is 9.59 Å². The van der Waals surface area contributed by atoms with Gasteiger partial charge in [-0.25, -0.2) is 4.79 Å². The van der Waals surface area contributed by atoms with E-state index in [9.17, 15) is 14.4 Å². The third kappa shape index (κ3) is 5.60. The summed E-state index contributed by atoms with van der Waals surface area (Å²) in [4.78, 5) is 36.3. The van der Waals surface area contributed by atoms with Gasteiger partial charge in [0.2, 0.25) is 5.91 Å². The van der Waals surface area contributed by atoms with Gasteiger partial charge in [-0.1, -0.05) is 13.8 Å². The van der Waals surface area contributed by atoms with Crippen LogP contribution in [0.4, 0.5) is 4.79 Å². The van der Waals surface area contributed by atoms with Crippen molar-refractivity contribution in [2.24, 2.45) is 5.92 Å². The number of carbonyl (C=O) groups excluding carboxylic acids is 3. The summed E-state index contributed by atoms with van der Waals surface area (Å²) in [6, 6.07) is -0.0120. The molecule has 25 heavy (non-hydrogen) atoms. The molecule has 8 nitrogen and oxygen atoms in total. The van der Waals surface area contributed by atoms with Crippen molar-refractivity contribution in [1.29, 1.82) is 0 Å². The molecule has 1 aliphatic heterocycles. The fraction of sp³-hybridized carbons (Fsp3) is 0.588. The van der Waals surface area contributed by atoms with E-state index in [4.69, 9.17) is 13.9 Å². The Morgan fingerprint density at radius 2 is 2.12 bits per heavy atom. The minimum absolute atomic E-state index is 0.0151. The third-order valence-corrected chi connectivity index (χ3v) is 3.95. The van der Waals surface area contributed by atoms with Gasteiger partial charge < -0.3 is 24.5 Å². The van der Waals surface area contributed by atoms with Crippen LogP contribution in [0.1, 0.15) is 33.6 Å². The summed E-state index contributed by atoms with van der Waals surface area (Å²) in [6.07, 6.45) is 2.67. The maximum absolute atomic E-state index is 12.5. The topological polar surface area (TPSA) is 107 Å². The molecule has 8 heteroatoms. The number of rotatable bonds is 7. The highest BCUT2D eigenvalue weighted by atomic mass is 16.6. The van der Waals surface area contributed by atoms with Crippen LogP contribution >= 0.6 is 0 Å². The van der Waals surface area contributed by atoms with E-state index in [1.54, 1.807) is 6.92 Å². The van der Waals surface area contributed by atoms with Crippen molar-refractivity contribution in [3.05, 3.63) is 18.6 Å². The average Bonchev–Trinajstić information content (AvgIpc) is 3.16. The van der Waals surface area contributed by atoms with Crippen molar-refractivity contribution in [2.75, 3.05) is 6.61 Å². The Morgan fingerprint density at radius 3 is 2.68 bits per heavy atom. The number of amides is 2. The van der Waals surface area contributed by atoms with Gasteiger partial charge in [0.15, 0.2) is 11.5 Å². The van der Waals surface area contributed by atoms with Crippen molar-refractivity contribution in [3.8, 4) is 5.75 Å². The molecule has 1 aliphatic rings. The van der Waals surface area contributed by atoms with Gasteiger partial charge >= 0.3 is 6.09 Å².